The minimum Gasteiger partial charge on any atom is -0.497 e. The van der Waals surface area contributed by atoms with E-state index in [-0.39, 0.29) is 23.5 Å². The van der Waals surface area contributed by atoms with E-state index in [4.69, 9.17) is 14.2 Å². The SMILES string of the molecule is COc1ccc(C(=O)NCCCC(C)(C)CC(C(=O)OC(C)C)C(=O)OC(C)C)cc1. The fourth-order valence-corrected chi connectivity index (χ4v) is 3.16. The summed E-state index contributed by atoms with van der Waals surface area (Å²) in [5.41, 5.74) is 0.245. The van der Waals surface area contributed by atoms with Gasteiger partial charge in [0, 0.05) is 12.1 Å². The lowest BCUT2D eigenvalue weighted by atomic mass is 9.79. The van der Waals surface area contributed by atoms with Gasteiger partial charge in [-0.25, -0.2) is 0 Å². The van der Waals surface area contributed by atoms with Gasteiger partial charge in [-0.1, -0.05) is 13.8 Å². The van der Waals surface area contributed by atoms with E-state index in [2.05, 4.69) is 5.32 Å². The highest BCUT2D eigenvalue weighted by molar-refractivity contribution is 5.95. The molecule has 0 unspecified atom stereocenters. The molecular weight excluding hydrogens is 398 g/mol. The molecule has 1 aromatic rings. The highest BCUT2D eigenvalue weighted by Gasteiger charge is 2.36. The van der Waals surface area contributed by atoms with Crippen LogP contribution in [-0.4, -0.2) is 43.7 Å². The first kappa shape index (κ1) is 26.5. The van der Waals surface area contributed by atoms with Crippen molar-refractivity contribution in [2.75, 3.05) is 13.7 Å². The second kappa shape index (κ2) is 12.3. The van der Waals surface area contributed by atoms with Crippen LogP contribution in [0.4, 0.5) is 0 Å². The average molecular weight is 436 g/mol. The number of ether oxygens (including phenoxy) is 3. The Morgan fingerprint density at radius 3 is 1.90 bits per heavy atom. The summed E-state index contributed by atoms with van der Waals surface area (Å²) in [6.45, 7) is 11.5. The molecule has 0 aliphatic carbocycles. The summed E-state index contributed by atoms with van der Waals surface area (Å²) in [5, 5.41) is 2.90. The van der Waals surface area contributed by atoms with E-state index in [1.807, 2.05) is 13.8 Å². The molecule has 0 bridgehead atoms. The third kappa shape index (κ3) is 9.85. The number of methoxy groups -OCH3 is 1. The van der Waals surface area contributed by atoms with Crippen molar-refractivity contribution in [3.8, 4) is 5.75 Å². The van der Waals surface area contributed by atoms with Gasteiger partial charge in [0.2, 0.25) is 0 Å². The van der Waals surface area contributed by atoms with E-state index < -0.39 is 17.9 Å². The normalized spacial score (nSPS) is 11.5. The number of benzene rings is 1. The molecule has 1 N–H and O–H groups in total. The molecule has 0 saturated carbocycles. The fourth-order valence-electron chi connectivity index (χ4n) is 3.16. The first-order chi connectivity index (χ1) is 14.4. The maximum Gasteiger partial charge on any atom is 0.320 e. The molecule has 0 saturated heterocycles. The lowest BCUT2D eigenvalue weighted by Gasteiger charge is -2.29. The van der Waals surface area contributed by atoms with Gasteiger partial charge in [-0.05, 0) is 76.6 Å². The number of rotatable bonds is 12. The molecule has 1 amide bonds. The van der Waals surface area contributed by atoms with Crippen molar-refractivity contribution < 1.29 is 28.6 Å². The van der Waals surface area contributed by atoms with Crippen molar-refractivity contribution in [3.05, 3.63) is 29.8 Å². The zero-order chi connectivity index (χ0) is 23.6. The van der Waals surface area contributed by atoms with Gasteiger partial charge in [-0.2, -0.15) is 0 Å². The third-order valence-electron chi connectivity index (χ3n) is 4.70. The molecule has 7 heteroatoms. The van der Waals surface area contributed by atoms with Crippen LogP contribution in [0.2, 0.25) is 0 Å². The predicted molar refractivity (Wildman–Crippen MR) is 119 cm³/mol. The molecule has 0 heterocycles. The summed E-state index contributed by atoms with van der Waals surface area (Å²) in [4.78, 5) is 37.2. The predicted octanol–water partition coefficient (Wildman–Crippen LogP) is 4.14. The monoisotopic (exact) mass is 435 g/mol. The Morgan fingerprint density at radius 1 is 0.935 bits per heavy atom. The topological polar surface area (TPSA) is 90.9 Å². The summed E-state index contributed by atoms with van der Waals surface area (Å²) in [5.74, 6) is -1.53. The number of hydrogen-bond donors (Lipinski definition) is 1. The van der Waals surface area contributed by atoms with E-state index in [1.165, 1.54) is 0 Å². The van der Waals surface area contributed by atoms with E-state index in [0.29, 0.717) is 30.7 Å². The Kier molecular flexibility index (Phi) is 10.5. The van der Waals surface area contributed by atoms with Crippen molar-refractivity contribution in [1.29, 1.82) is 0 Å². The van der Waals surface area contributed by atoms with Gasteiger partial charge in [0.05, 0.1) is 19.3 Å². The number of esters is 2. The highest BCUT2D eigenvalue weighted by atomic mass is 16.6. The van der Waals surface area contributed by atoms with Crippen molar-refractivity contribution in [3.63, 3.8) is 0 Å². The van der Waals surface area contributed by atoms with Crippen molar-refractivity contribution in [2.45, 2.75) is 73.0 Å². The Balaban J connectivity index is 2.61. The molecule has 31 heavy (non-hydrogen) atoms. The van der Waals surface area contributed by atoms with E-state index in [0.717, 1.165) is 6.42 Å². The third-order valence-corrected chi connectivity index (χ3v) is 4.70. The van der Waals surface area contributed by atoms with Gasteiger partial charge in [-0.3, -0.25) is 14.4 Å². The van der Waals surface area contributed by atoms with Crippen molar-refractivity contribution in [1.82, 2.24) is 5.32 Å². The molecule has 0 aliphatic heterocycles. The van der Waals surface area contributed by atoms with Crippen LogP contribution in [-0.2, 0) is 19.1 Å². The fraction of sp³-hybridized carbons (Fsp3) is 0.625. The van der Waals surface area contributed by atoms with Gasteiger partial charge >= 0.3 is 11.9 Å². The average Bonchev–Trinajstić information content (AvgIpc) is 2.68. The minimum atomic E-state index is -0.964. The highest BCUT2D eigenvalue weighted by Crippen LogP contribution is 2.32. The molecule has 0 aliphatic rings. The first-order valence-electron chi connectivity index (χ1n) is 10.8. The quantitative estimate of drug-likeness (QED) is 0.301. The smallest absolute Gasteiger partial charge is 0.320 e. The van der Waals surface area contributed by atoms with Crippen molar-refractivity contribution in [2.24, 2.45) is 11.3 Å². The lowest BCUT2D eigenvalue weighted by Crippen LogP contribution is -2.35. The Morgan fingerprint density at radius 2 is 1.45 bits per heavy atom. The van der Waals surface area contributed by atoms with Crippen LogP contribution in [0.15, 0.2) is 24.3 Å². The van der Waals surface area contributed by atoms with E-state index in [1.54, 1.807) is 59.1 Å². The molecule has 1 rings (SSSR count). The molecule has 0 radical (unpaired) electrons. The summed E-state index contributed by atoms with van der Waals surface area (Å²) in [6.07, 6.45) is 1.13. The molecule has 0 fully saturated rings. The van der Waals surface area contributed by atoms with Crippen LogP contribution in [0.3, 0.4) is 0 Å². The lowest BCUT2D eigenvalue weighted by molar-refractivity contribution is -0.168. The number of carbonyl (C=O) groups excluding carboxylic acids is 3. The maximum atomic E-state index is 12.5. The van der Waals surface area contributed by atoms with Gasteiger partial charge in [-0.15, -0.1) is 0 Å². The largest absolute Gasteiger partial charge is 0.497 e. The van der Waals surface area contributed by atoms with Crippen LogP contribution < -0.4 is 10.1 Å². The van der Waals surface area contributed by atoms with Crippen LogP contribution >= 0.6 is 0 Å². The molecule has 0 atom stereocenters. The summed E-state index contributed by atoms with van der Waals surface area (Å²) in [6, 6.07) is 6.90. The van der Waals surface area contributed by atoms with Gasteiger partial charge in [0.1, 0.15) is 5.75 Å². The molecule has 0 spiro atoms. The molecule has 7 nitrogen and oxygen atoms in total. The number of carbonyl (C=O) groups is 3. The first-order valence-corrected chi connectivity index (χ1v) is 10.8. The van der Waals surface area contributed by atoms with Crippen LogP contribution in [0.25, 0.3) is 0 Å². The molecule has 0 aromatic heterocycles. The van der Waals surface area contributed by atoms with Gasteiger partial charge in [0.25, 0.3) is 5.91 Å². The zero-order valence-electron chi connectivity index (χ0n) is 19.8. The minimum absolute atomic E-state index is 0.153. The summed E-state index contributed by atoms with van der Waals surface area (Å²) in [7, 11) is 1.58. The Hall–Kier alpha value is -2.57. The summed E-state index contributed by atoms with van der Waals surface area (Å²) >= 11 is 0. The van der Waals surface area contributed by atoms with Crippen LogP contribution in [0.5, 0.6) is 5.75 Å². The molecule has 1 aromatic carbocycles. The number of amides is 1. The molecular formula is C24H37NO6. The summed E-state index contributed by atoms with van der Waals surface area (Å²) < 4.78 is 15.7. The van der Waals surface area contributed by atoms with E-state index >= 15 is 0 Å². The van der Waals surface area contributed by atoms with E-state index in [9.17, 15) is 14.4 Å². The van der Waals surface area contributed by atoms with Crippen LogP contribution in [0.1, 0.15) is 71.2 Å². The Labute approximate surface area is 185 Å². The number of nitrogens with one attached hydrogen (secondary N) is 1. The second-order valence-electron chi connectivity index (χ2n) is 8.98. The zero-order valence-corrected chi connectivity index (χ0v) is 19.8. The van der Waals surface area contributed by atoms with Crippen molar-refractivity contribution >= 4 is 17.8 Å². The molecule has 174 valence electrons. The van der Waals surface area contributed by atoms with Gasteiger partial charge in [0.15, 0.2) is 5.92 Å². The number of hydrogen-bond acceptors (Lipinski definition) is 6. The maximum absolute atomic E-state index is 12.5. The van der Waals surface area contributed by atoms with Crippen LogP contribution in [0, 0.1) is 11.3 Å². The van der Waals surface area contributed by atoms with Gasteiger partial charge < -0.3 is 19.5 Å². The second-order valence-corrected chi connectivity index (χ2v) is 8.98. The Bertz CT molecular complexity index is 702. The standard InChI is InChI=1S/C24H37NO6/c1-16(2)30-22(27)20(23(28)31-17(3)4)15-24(5,6)13-8-14-25-21(26)18-9-11-19(29-7)12-10-18/h9-12,16-17,20H,8,13-15H2,1-7H3,(H,25,26).